The lowest BCUT2D eigenvalue weighted by Crippen LogP contribution is -2.61. The van der Waals surface area contributed by atoms with Crippen molar-refractivity contribution >= 4 is 88.7 Å². The zero-order valence-electron chi connectivity index (χ0n) is 42.0. The number of thiophene rings is 1. The fourth-order valence-corrected chi connectivity index (χ4v) is 11.9. The summed E-state index contributed by atoms with van der Waals surface area (Å²) in [6.45, 7) is 28.1. The van der Waals surface area contributed by atoms with E-state index in [0.717, 1.165) is 5.69 Å². The van der Waals surface area contributed by atoms with Crippen LogP contribution in [0.2, 0.25) is 0 Å². The highest BCUT2D eigenvalue weighted by atomic mass is 32.1. The fourth-order valence-electron chi connectivity index (χ4n) is 10.7. The van der Waals surface area contributed by atoms with Crippen molar-refractivity contribution in [3.05, 3.63) is 186 Å². The quantitative estimate of drug-likeness (QED) is 0.162. The average Bonchev–Trinajstić information content (AvgIpc) is 3.69. The molecule has 3 heterocycles. The minimum Gasteiger partial charge on any atom is -0.311 e. The van der Waals surface area contributed by atoms with E-state index in [0.29, 0.717) is 0 Å². The van der Waals surface area contributed by atoms with Crippen molar-refractivity contribution in [2.24, 2.45) is 0 Å². The summed E-state index contributed by atoms with van der Waals surface area (Å²) in [5, 5.41) is 2.65. The Kier molecular flexibility index (Phi) is 10.1. The van der Waals surface area contributed by atoms with E-state index in [4.69, 9.17) is 0 Å². The highest BCUT2D eigenvalue weighted by Crippen LogP contribution is 2.50. The van der Waals surface area contributed by atoms with E-state index in [1.165, 1.54) is 110 Å². The third-order valence-electron chi connectivity index (χ3n) is 14.7. The molecule has 0 saturated heterocycles. The van der Waals surface area contributed by atoms with Crippen LogP contribution in [0.25, 0.3) is 42.4 Å². The van der Waals surface area contributed by atoms with Gasteiger partial charge >= 0.3 is 0 Å². The van der Waals surface area contributed by atoms with Gasteiger partial charge in [0.25, 0.3) is 6.71 Å². The average molecular weight is 903 g/mol. The Balaban J connectivity index is 1.21. The molecule has 11 rings (SSSR count). The molecule has 2 aliphatic heterocycles. The predicted octanol–water partition coefficient (Wildman–Crippen LogP) is 16.7. The molecular weight excluding hydrogens is 840 g/mol. The van der Waals surface area contributed by atoms with Gasteiger partial charge in [-0.25, -0.2) is 0 Å². The lowest BCUT2D eigenvalue weighted by molar-refractivity contribution is 0.589. The van der Waals surface area contributed by atoms with Gasteiger partial charge in [0.15, 0.2) is 0 Å². The summed E-state index contributed by atoms with van der Waals surface area (Å²) in [5.41, 5.74) is 21.4. The van der Waals surface area contributed by atoms with Crippen LogP contribution in [0.4, 0.5) is 34.1 Å². The van der Waals surface area contributed by atoms with Gasteiger partial charge in [0.2, 0.25) is 0 Å². The van der Waals surface area contributed by atoms with Crippen molar-refractivity contribution in [2.45, 2.75) is 105 Å². The van der Waals surface area contributed by atoms with Gasteiger partial charge in [0, 0.05) is 54.2 Å². The molecular formula is C64H63BN2S. The normalized spacial score (nSPS) is 13.8. The predicted molar refractivity (Wildman–Crippen MR) is 299 cm³/mol. The Morgan fingerprint density at radius 2 is 0.868 bits per heavy atom. The van der Waals surface area contributed by atoms with Crippen molar-refractivity contribution in [1.29, 1.82) is 0 Å². The highest BCUT2D eigenvalue weighted by molar-refractivity contribution is 7.26. The summed E-state index contributed by atoms with van der Waals surface area (Å²) >= 11 is 1.90. The largest absolute Gasteiger partial charge is 0.311 e. The SMILES string of the molecule is CC(C)(C)c1ccc(N2c3cc(C(C)(C)C)ccc3B3c4ccc(C(C)(C)C)cc4N(c4ccc(-c5cccc6c5sc5ccccc56)cc4)c4cc(C(C)(C)C)cc2c43)c(-c2ccccc2)c1. The zero-order valence-corrected chi connectivity index (χ0v) is 42.8. The third kappa shape index (κ3) is 7.30. The molecule has 9 aromatic rings. The van der Waals surface area contributed by atoms with E-state index in [2.05, 4.69) is 257 Å². The first-order chi connectivity index (χ1) is 32.3. The second-order valence-electron chi connectivity index (χ2n) is 23.5. The van der Waals surface area contributed by atoms with E-state index >= 15 is 0 Å². The van der Waals surface area contributed by atoms with Crippen LogP contribution in [0, 0.1) is 0 Å². The zero-order chi connectivity index (χ0) is 47.7. The van der Waals surface area contributed by atoms with Crippen molar-refractivity contribution in [3.8, 4) is 22.3 Å². The summed E-state index contributed by atoms with van der Waals surface area (Å²) in [6.07, 6.45) is 0. The van der Waals surface area contributed by atoms with Crippen LogP contribution in [0.5, 0.6) is 0 Å². The van der Waals surface area contributed by atoms with Gasteiger partial charge in [-0.1, -0.05) is 192 Å². The molecule has 0 bridgehead atoms. The summed E-state index contributed by atoms with van der Waals surface area (Å²) in [5.74, 6) is 0. The van der Waals surface area contributed by atoms with Crippen LogP contribution in [-0.2, 0) is 21.7 Å². The Bertz CT molecular complexity index is 3440. The van der Waals surface area contributed by atoms with E-state index in [9.17, 15) is 0 Å². The summed E-state index contributed by atoms with van der Waals surface area (Å²) < 4.78 is 2.67. The Morgan fingerprint density at radius 3 is 1.49 bits per heavy atom. The van der Waals surface area contributed by atoms with Crippen LogP contribution >= 0.6 is 11.3 Å². The van der Waals surface area contributed by atoms with Gasteiger partial charge in [-0.3, -0.25) is 0 Å². The first-order valence-electron chi connectivity index (χ1n) is 24.5. The summed E-state index contributed by atoms with van der Waals surface area (Å²) in [6, 6.07) is 63.1. The maximum atomic E-state index is 2.64. The second kappa shape index (κ2) is 15.6. The lowest BCUT2D eigenvalue weighted by Gasteiger charge is -2.46. The number of hydrogen-bond acceptors (Lipinski definition) is 3. The lowest BCUT2D eigenvalue weighted by atomic mass is 9.33. The standard InChI is InChI=1S/C64H63BN2S/c1-61(2,3)42-29-34-53(50(35-42)40-19-14-13-15-20-40)67-55-37-44(63(7,8)9)28-33-52(55)65-51-32-27-43(62(4,5)6)36-54(51)66(56-38-45(64(10,11)12)39-57(67)59(56)65)46-30-25-41(26-31-46)47-22-18-23-49-48-21-16-17-24-58(48)68-60(47)49/h13-39H,1-12H3. The molecule has 0 N–H and O–H groups in total. The topological polar surface area (TPSA) is 6.48 Å². The molecule has 0 atom stereocenters. The molecule has 2 nitrogen and oxygen atoms in total. The molecule has 338 valence electrons. The number of hydrogen-bond donors (Lipinski definition) is 0. The number of fused-ring (bicyclic) bond motifs is 7. The van der Waals surface area contributed by atoms with Gasteiger partial charge in [0.1, 0.15) is 0 Å². The highest BCUT2D eigenvalue weighted by Gasteiger charge is 2.45. The van der Waals surface area contributed by atoms with Gasteiger partial charge < -0.3 is 9.80 Å². The third-order valence-corrected chi connectivity index (χ3v) is 15.9. The Hall–Kier alpha value is -6.36. The fraction of sp³-hybridized carbons (Fsp3) is 0.250. The smallest absolute Gasteiger partial charge is 0.252 e. The molecule has 68 heavy (non-hydrogen) atoms. The molecule has 0 radical (unpaired) electrons. The molecule has 4 heteroatoms. The molecule has 8 aromatic carbocycles. The van der Waals surface area contributed by atoms with Crippen molar-refractivity contribution in [3.63, 3.8) is 0 Å². The van der Waals surface area contributed by atoms with Crippen molar-refractivity contribution in [1.82, 2.24) is 0 Å². The maximum Gasteiger partial charge on any atom is 0.252 e. The van der Waals surface area contributed by atoms with Gasteiger partial charge in [0.05, 0.1) is 5.69 Å². The van der Waals surface area contributed by atoms with E-state index in [1.807, 2.05) is 11.3 Å². The van der Waals surface area contributed by atoms with Crippen molar-refractivity contribution < 1.29 is 0 Å². The first-order valence-corrected chi connectivity index (χ1v) is 25.4. The second-order valence-corrected chi connectivity index (χ2v) is 24.6. The number of rotatable bonds is 4. The molecule has 1 aromatic heterocycles. The van der Waals surface area contributed by atoms with Gasteiger partial charge in [-0.2, -0.15) is 0 Å². The maximum absolute atomic E-state index is 2.64. The van der Waals surface area contributed by atoms with E-state index in [-0.39, 0.29) is 28.4 Å². The number of nitrogens with zero attached hydrogens (tertiary/aromatic N) is 2. The molecule has 0 unspecified atom stereocenters. The minimum atomic E-state index is -0.134. The van der Waals surface area contributed by atoms with Gasteiger partial charge in [-0.15, -0.1) is 11.3 Å². The number of benzene rings is 8. The van der Waals surface area contributed by atoms with Gasteiger partial charge in [-0.05, 0) is 132 Å². The molecule has 2 aliphatic rings. The van der Waals surface area contributed by atoms with E-state index in [1.54, 1.807) is 0 Å². The molecule has 0 aliphatic carbocycles. The van der Waals surface area contributed by atoms with Crippen LogP contribution < -0.4 is 26.2 Å². The molecule has 0 saturated carbocycles. The Morgan fingerprint density at radius 1 is 0.368 bits per heavy atom. The molecule has 0 spiro atoms. The number of anilines is 6. The first kappa shape index (κ1) is 44.2. The van der Waals surface area contributed by atoms with Crippen LogP contribution in [0.1, 0.15) is 105 Å². The molecule has 0 amide bonds. The van der Waals surface area contributed by atoms with Crippen LogP contribution in [0.15, 0.2) is 164 Å². The van der Waals surface area contributed by atoms with Crippen LogP contribution in [0.3, 0.4) is 0 Å². The summed E-state index contributed by atoms with van der Waals surface area (Å²) in [4.78, 5) is 5.25. The minimum absolute atomic E-state index is 0.0201. The monoisotopic (exact) mass is 902 g/mol. The Labute approximate surface area is 409 Å². The van der Waals surface area contributed by atoms with E-state index < -0.39 is 0 Å². The summed E-state index contributed by atoms with van der Waals surface area (Å²) in [7, 11) is 0. The van der Waals surface area contributed by atoms with Crippen LogP contribution in [-0.4, -0.2) is 6.71 Å². The molecule has 0 fully saturated rings. The van der Waals surface area contributed by atoms with Crippen molar-refractivity contribution in [2.75, 3.05) is 9.80 Å².